The summed E-state index contributed by atoms with van der Waals surface area (Å²) in [5, 5.41) is 22.4. The van der Waals surface area contributed by atoms with Gasteiger partial charge in [-0.05, 0) is 43.2 Å². The van der Waals surface area contributed by atoms with E-state index in [2.05, 4.69) is 0 Å². The van der Waals surface area contributed by atoms with Crippen molar-refractivity contribution in [2.45, 2.75) is 33.1 Å². The fourth-order valence-electron chi connectivity index (χ4n) is 3.03. The average Bonchev–Trinajstić information content (AvgIpc) is 2.41. The van der Waals surface area contributed by atoms with Gasteiger partial charge in [-0.2, -0.15) is 0 Å². The number of ketones is 1. The Hall–Kier alpha value is -2.29. The Morgan fingerprint density at radius 2 is 1.48 bits per heavy atom. The molecule has 2 aromatic rings. The number of benzene rings is 2. The summed E-state index contributed by atoms with van der Waals surface area (Å²) in [7, 11) is 0. The summed E-state index contributed by atoms with van der Waals surface area (Å²) in [6.45, 7) is 7.74. The molecule has 0 heterocycles. The predicted octanol–water partition coefficient (Wildman–Crippen LogP) is 3.90. The molecule has 0 aliphatic heterocycles. The molecule has 0 saturated carbocycles. The number of phenols is 2. The van der Waals surface area contributed by atoms with Gasteiger partial charge < -0.3 is 10.2 Å². The maximum atomic E-state index is 12.2. The molecular weight excluding hydrogens is 264 g/mol. The van der Waals surface area contributed by atoms with Crippen molar-refractivity contribution in [3.8, 4) is 11.5 Å². The third-order valence-corrected chi connectivity index (χ3v) is 4.41. The molecule has 2 aromatic carbocycles. The van der Waals surface area contributed by atoms with Gasteiger partial charge in [-0.25, -0.2) is 0 Å². The molecule has 0 saturated heterocycles. The Morgan fingerprint density at radius 3 is 2.05 bits per heavy atom. The summed E-state index contributed by atoms with van der Waals surface area (Å²) >= 11 is 0. The molecule has 0 aromatic heterocycles. The molecule has 2 N–H and O–H groups in total. The minimum absolute atomic E-state index is 0.0386. The lowest BCUT2D eigenvalue weighted by atomic mass is 9.74. The number of aryl methyl sites for hydroxylation is 2. The van der Waals surface area contributed by atoms with Crippen LogP contribution in [0.2, 0.25) is 0 Å². The van der Waals surface area contributed by atoms with Gasteiger partial charge in [0.15, 0.2) is 5.78 Å². The van der Waals surface area contributed by atoms with Crippen LogP contribution in [-0.2, 0) is 5.41 Å². The minimum atomic E-state index is -0.502. The van der Waals surface area contributed by atoms with Crippen LogP contribution in [0.4, 0.5) is 0 Å². The molecule has 108 valence electrons. The number of hydrogen-bond donors (Lipinski definition) is 2. The van der Waals surface area contributed by atoms with Crippen LogP contribution in [0.3, 0.4) is 0 Å². The normalized spacial score (nSPS) is 16.3. The predicted molar refractivity (Wildman–Crippen MR) is 83.2 cm³/mol. The van der Waals surface area contributed by atoms with Crippen molar-refractivity contribution in [1.82, 2.24) is 0 Å². The second-order valence-corrected chi connectivity index (χ2v) is 6.35. The molecule has 3 nitrogen and oxygen atoms in total. The van der Waals surface area contributed by atoms with Gasteiger partial charge in [0.2, 0.25) is 0 Å². The molecule has 0 amide bonds. The molecule has 0 atom stereocenters. The Balaban J connectivity index is 2.56. The van der Waals surface area contributed by atoms with Crippen LogP contribution in [0, 0.1) is 13.8 Å². The second-order valence-electron chi connectivity index (χ2n) is 6.35. The van der Waals surface area contributed by atoms with E-state index in [0.29, 0.717) is 16.3 Å². The molecule has 1 aliphatic rings. The van der Waals surface area contributed by atoms with Crippen LogP contribution in [0.1, 0.15) is 40.9 Å². The zero-order chi connectivity index (χ0) is 15.5. The summed E-state index contributed by atoms with van der Waals surface area (Å²) in [6.07, 6.45) is 3.23. The lowest BCUT2D eigenvalue weighted by molar-refractivity contribution is 0.103. The van der Waals surface area contributed by atoms with Gasteiger partial charge in [-0.1, -0.05) is 19.9 Å². The van der Waals surface area contributed by atoms with E-state index < -0.39 is 5.41 Å². The van der Waals surface area contributed by atoms with Gasteiger partial charge >= 0.3 is 0 Å². The summed E-state index contributed by atoms with van der Waals surface area (Å²) < 4.78 is 0. The van der Waals surface area contributed by atoms with Crippen molar-refractivity contribution < 1.29 is 15.0 Å². The van der Waals surface area contributed by atoms with E-state index in [-0.39, 0.29) is 22.8 Å². The Bertz CT molecular complexity index is 826. The van der Waals surface area contributed by atoms with E-state index in [0.717, 1.165) is 11.1 Å². The molecular formula is C18H18O3. The van der Waals surface area contributed by atoms with Crippen molar-refractivity contribution in [3.05, 3.63) is 46.5 Å². The molecule has 0 fully saturated rings. The van der Waals surface area contributed by atoms with Crippen molar-refractivity contribution in [2.75, 3.05) is 0 Å². The van der Waals surface area contributed by atoms with Gasteiger partial charge in [0.05, 0.1) is 5.56 Å². The number of fused-ring (bicyclic) bond motifs is 2. The van der Waals surface area contributed by atoms with Crippen LogP contribution in [0.25, 0.3) is 10.8 Å². The number of allylic oxidation sites excluding steroid dienone is 2. The second kappa shape index (κ2) is 4.10. The summed E-state index contributed by atoms with van der Waals surface area (Å²) in [5.41, 5.74) is 2.26. The van der Waals surface area contributed by atoms with Gasteiger partial charge in [0.25, 0.3) is 0 Å². The largest absolute Gasteiger partial charge is 0.507 e. The van der Waals surface area contributed by atoms with Crippen LogP contribution in [0.5, 0.6) is 11.5 Å². The van der Waals surface area contributed by atoms with Gasteiger partial charge in [-0.15, -0.1) is 0 Å². The third-order valence-electron chi connectivity index (χ3n) is 4.41. The Morgan fingerprint density at radius 1 is 0.952 bits per heavy atom. The number of hydrogen-bond acceptors (Lipinski definition) is 3. The first kappa shape index (κ1) is 13.7. The number of aromatic hydroxyl groups is 2. The molecule has 0 spiro atoms. The number of phenolic OH excluding ortho intramolecular Hbond substituents is 2. The summed E-state index contributed by atoms with van der Waals surface area (Å²) in [6, 6.07) is 3.68. The van der Waals surface area contributed by atoms with Gasteiger partial charge in [-0.3, -0.25) is 4.79 Å². The van der Waals surface area contributed by atoms with E-state index in [4.69, 9.17) is 0 Å². The molecule has 0 unspecified atom stereocenters. The van der Waals surface area contributed by atoms with E-state index in [9.17, 15) is 15.0 Å². The minimum Gasteiger partial charge on any atom is -0.507 e. The SMILES string of the molecule is Cc1cc2c(O)c3c(c(O)c2cc1C)C(C)(C)C=CC3=O. The van der Waals surface area contributed by atoms with Crippen molar-refractivity contribution in [1.29, 1.82) is 0 Å². The van der Waals surface area contributed by atoms with Crippen LogP contribution < -0.4 is 0 Å². The zero-order valence-corrected chi connectivity index (χ0v) is 12.6. The fourth-order valence-corrected chi connectivity index (χ4v) is 3.03. The number of carbonyl (C=O) groups is 1. The number of carbonyl (C=O) groups excluding carboxylic acids is 1. The van der Waals surface area contributed by atoms with Crippen LogP contribution in [0.15, 0.2) is 24.3 Å². The maximum absolute atomic E-state index is 12.2. The van der Waals surface area contributed by atoms with Crippen molar-refractivity contribution in [3.63, 3.8) is 0 Å². The monoisotopic (exact) mass is 282 g/mol. The molecule has 0 radical (unpaired) electrons. The smallest absolute Gasteiger partial charge is 0.189 e. The first-order valence-corrected chi connectivity index (χ1v) is 6.97. The van der Waals surface area contributed by atoms with E-state index >= 15 is 0 Å². The maximum Gasteiger partial charge on any atom is 0.189 e. The first-order valence-electron chi connectivity index (χ1n) is 6.97. The highest BCUT2D eigenvalue weighted by molar-refractivity contribution is 6.14. The van der Waals surface area contributed by atoms with Crippen LogP contribution in [-0.4, -0.2) is 16.0 Å². The molecule has 3 heteroatoms. The first-order chi connectivity index (χ1) is 9.74. The highest BCUT2D eigenvalue weighted by Crippen LogP contribution is 2.47. The molecule has 21 heavy (non-hydrogen) atoms. The molecule has 0 bridgehead atoms. The van der Waals surface area contributed by atoms with Crippen molar-refractivity contribution >= 4 is 16.6 Å². The zero-order valence-electron chi connectivity index (χ0n) is 12.6. The quantitative estimate of drug-likeness (QED) is 0.720. The lowest BCUT2D eigenvalue weighted by Gasteiger charge is -2.29. The van der Waals surface area contributed by atoms with E-state index in [1.54, 1.807) is 6.08 Å². The van der Waals surface area contributed by atoms with E-state index in [1.807, 2.05) is 39.8 Å². The Kier molecular flexibility index (Phi) is 2.67. The van der Waals surface area contributed by atoms with Crippen molar-refractivity contribution in [2.24, 2.45) is 0 Å². The van der Waals surface area contributed by atoms with E-state index in [1.165, 1.54) is 6.08 Å². The molecule has 3 rings (SSSR count). The highest BCUT2D eigenvalue weighted by Gasteiger charge is 2.34. The molecule has 1 aliphatic carbocycles. The van der Waals surface area contributed by atoms with Gasteiger partial charge in [0, 0.05) is 21.8 Å². The van der Waals surface area contributed by atoms with Crippen LogP contribution >= 0.6 is 0 Å². The number of rotatable bonds is 0. The van der Waals surface area contributed by atoms with Gasteiger partial charge in [0.1, 0.15) is 11.5 Å². The highest BCUT2D eigenvalue weighted by atomic mass is 16.3. The Labute approximate surface area is 123 Å². The topological polar surface area (TPSA) is 57.5 Å². The third kappa shape index (κ3) is 1.77. The fraction of sp³-hybridized carbons (Fsp3) is 0.278. The lowest BCUT2D eigenvalue weighted by Crippen LogP contribution is -2.23. The average molecular weight is 282 g/mol. The summed E-state index contributed by atoms with van der Waals surface area (Å²) in [5.74, 6) is -0.218. The summed E-state index contributed by atoms with van der Waals surface area (Å²) in [4.78, 5) is 12.2. The standard InChI is InChI=1S/C18H18O3/c1-9-7-11-12(8-10(9)2)17(21)15-14(16(11)20)13(19)5-6-18(15,3)4/h5-8,20-21H,1-4H3.